The molecule has 0 saturated carbocycles. The fourth-order valence-corrected chi connectivity index (χ4v) is 3.50. The first-order chi connectivity index (χ1) is 9.13. The number of carbonyl (C=O) groups excluding carboxylic acids is 1. The van der Waals surface area contributed by atoms with Crippen molar-refractivity contribution in [3.63, 3.8) is 0 Å². The van der Waals surface area contributed by atoms with Gasteiger partial charge in [-0.3, -0.25) is 4.79 Å². The molecule has 0 spiro atoms. The summed E-state index contributed by atoms with van der Waals surface area (Å²) in [5, 5.41) is 3.48. The Bertz CT molecular complexity index is 450. The van der Waals surface area contributed by atoms with Gasteiger partial charge in [-0.1, -0.05) is 24.3 Å². The third kappa shape index (κ3) is 2.52. The van der Waals surface area contributed by atoms with Gasteiger partial charge in [0, 0.05) is 31.1 Å². The molecule has 3 nitrogen and oxygen atoms in total. The number of fused-ring (bicyclic) bond motifs is 1. The number of nitrogens with one attached hydrogen (secondary N) is 1. The quantitative estimate of drug-likeness (QED) is 0.830. The summed E-state index contributed by atoms with van der Waals surface area (Å²) in [6.07, 6.45) is 1.84. The Balaban J connectivity index is 1.69. The second-order valence-electron chi connectivity index (χ2n) is 6.09. The average Bonchev–Trinajstić information content (AvgIpc) is 2.80. The van der Waals surface area contributed by atoms with E-state index in [1.165, 1.54) is 11.1 Å². The molecule has 1 heterocycles. The molecule has 1 fully saturated rings. The number of carbonyl (C=O) groups is 1. The van der Waals surface area contributed by atoms with Crippen molar-refractivity contribution in [3.8, 4) is 0 Å². The van der Waals surface area contributed by atoms with Gasteiger partial charge in [0.25, 0.3) is 0 Å². The molecule has 1 N–H and O–H groups in total. The Morgan fingerprint density at radius 1 is 1.11 bits per heavy atom. The monoisotopic (exact) mass is 258 g/mol. The Kier molecular flexibility index (Phi) is 3.31. The highest BCUT2D eigenvalue weighted by molar-refractivity contribution is 5.80. The lowest BCUT2D eigenvalue weighted by Gasteiger charge is -2.37. The number of piperazine rings is 1. The summed E-state index contributed by atoms with van der Waals surface area (Å²) in [4.78, 5) is 14.7. The summed E-state index contributed by atoms with van der Waals surface area (Å²) < 4.78 is 0. The highest BCUT2D eigenvalue weighted by Gasteiger charge is 2.33. The van der Waals surface area contributed by atoms with Crippen LogP contribution in [-0.4, -0.2) is 36.0 Å². The van der Waals surface area contributed by atoms with Crippen molar-refractivity contribution in [1.29, 1.82) is 0 Å². The summed E-state index contributed by atoms with van der Waals surface area (Å²) in [7, 11) is 0. The van der Waals surface area contributed by atoms with Gasteiger partial charge in [-0.25, -0.2) is 0 Å². The van der Waals surface area contributed by atoms with E-state index in [1.807, 2.05) is 0 Å². The molecule has 2 aliphatic rings. The minimum absolute atomic E-state index is 0.162. The van der Waals surface area contributed by atoms with E-state index < -0.39 is 0 Å². The fourth-order valence-electron chi connectivity index (χ4n) is 3.50. The van der Waals surface area contributed by atoms with Crippen molar-refractivity contribution in [2.24, 2.45) is 5.92 Å². The smallest absolute Gasteiger partial charge is 0.226 e. The van der Waals surface area contributed by atoms with Crippen LogP contribution < -0.4 is 5.32 Å². The van der Waals surface area contributed by atoms with Crippen molar-refractivity contribution in [1.82, 2.24) is 10.2 Å². The van der Waals surface area contributed by atoms with Gasteiger partial charge in [-0.2, -0.15) is 0 Å². The number of hydrogen-bond donors (Lipinski definition) is 1. The third-order valence-electron chi connectivity index (χ3n) is 4.27. The van der Waals surface area contributed by atoms with Crippen LogP contribution >= 0.6 is 0 Å². The van der Waals surface area contributed by atoms with Crippen molar-refractivity contribution in [3.05, 3.63) is 35.4 Å². The van der Waals surface area contributed by atoms with Gasteiger partial charge in [0.15, 0.2) is 0 Å². The van der Waals surface area contributed by atoms with Crippen LogP contribution in [0.1, 0.15) is 25.0 Å². The van der Waals surface area contributed by atoms with Gasteiger partial charge in [0.1, 0.15) is 0 Å². The molecule has 1 aliphatic carbocycles. The first-order valence-electron chi connectivity index (χ1n) is 7.25. The summed E-state index contributed by atoms with van der Waals surface area (Å²) in [5.74, 6) is 0.506. The molecule has 1 aromatic carbocycles. The van der Waals surface area contributed by atoms with Gasteiger partial charge in [0.05, 0.1) is 0 Å². The second kappa shape index (κ2) is 4.97. The Labute approximate surface area is 115 Å². The van der Waals surface area contributed by atoms with Crippen LogP contribution in [0.2, 0.25) is 0 Å². The minimum atomic E-state index is 0.162. The van der Waals surface area contributed by atoms with Gasteiger partial charge in [-0.15, -0.1) is 0 Å². The largest absolute Gasteiger partial charge is 0.339 e. The third-order valence-corrected chi connectivity index (χ3v) is 4.27. The highest BCUT2D eigenvalue weighted by atomic mass is 16.2. The molecule has 1 saturated heterocycles. The predicted octanol–water partition coefficient (Wildman–Crippen LogP) is 1.61. The van der Waals surface area contributed by atoms with E-state index in [0.29, 0.717) is 18.0 Å². The molecule has 1 amide bonds. The van der Waals surface area contributed by atoms with E-state index in [9.17, 15) is 4.79 Å². The lowest BCUT2D eigenvalue weighted by molar-refractivity contribution is -0.137. The molecule has 2 unspecified atom stereocenters. The number of amides is 1. The molecule has 3 heteroatoms. The molecule has 1 aliphatic heterocycles. The maximum Gasteiger partial charge on any atom is 0.226 e. The predicted molar refractivity (Wildman–Crippen MR) is 76.0 cm³/mol. The number of benzene rings is 1. The van der Waals surface area contributed by atoms with Crippen molar-refractivity contribution in [2.45, 2.75) is 38.8 Å². The molecule has 0 bridgehead atoms. The summed E-state index contributed by atoms with van der Waals surface area (Å²) in [5.41, 5.74) is 2.72. The van der Waals surface area contributed by atoms with Crippen LogP contribution in [0.4, 0.5) is 0 Å². The van der Waals surface area contributed by atoms with Gasteiger partial charge in [0.2, 0.25) is 5.91 Å². The van der Waals surface area contributed by atoms with Crippen LogP contribution in [0.3, 0.4) is 0 Å². The molecule has 0 radical (unpaired) electrons. The molecular weight excluding hydrogens is 236 g/mol. The topological polar surface area (TPSA) is 32.3 Å². The number of nitrogens with zero attached hydrogens (tertiary/aromatic N) is 1. The SMILES string of the molecule is CC1CN(C(=O)C2Cc3ccccc3C2)CC(C)N1. The number of rotatable bonds is 1. The molecule has 1 aromatic rings. The van der Waals surface area contributed by atoms with Crippen LogP contribution in [-0.2, 0) is 17.6 Å². The van der Waals surface area contributed by atoms with Crippen LogP contribution in [0.5, 0.6) is 0 Å². The van der Waals surface area contributed by atoms with E-state index >= 15 is 0 Å². The average molecular weight is 258 g/mol. The van der Waals surface area contributed by atoms with E-state index in [4.69, 9.17) is 0 Å². The van der Waals surface area contributed by atoms with Crippen LogP contribution in [0, 0.1) is 5.92 Å². The Morgan fingerprint density at radius 2 is 1.63 bits per heavy atom. The fraction of sp³-hybridized carbons (Fsp3) is 0.562. The zero-order valence-corrected chi connectivity index (χ0v) is 11.7. The molecule has 19 heavy (non-hydrogen) atoms. The lowest BCUT2D eigenvalue weighted by Crippen LogP contribution is -2.57. The van der Waals surface area contributed by atoms with Crippen molar-refractivity contribution >= 4 is 5.91 Å². The van der Waals surface area contributed by atoms with E-state index in [-0.39, 0.29) is 5.92 Å². The van der Waals surface area contributed by atoms with E-state index in [2.05, 4.69) is 48.3 Å². The Hall–Kier alpha value is -1.35. The van der Waals surface area contributed by atoms with Gasteiger partial charge < -0.3 is 10.2 Å². The summed E-state index contributed by atoms with van der Waals surface area (Å²) in [6, 6.07) is 9.26. The molecule has 2 atom stereocenters. The van der Waals surface area contributed by atoms with Crippen LogP contribution in [0.15, 0.2) is 24.3 Å². The van der Waals surface area contributed by atoms with E-state index in [1.54, 1.807) is 0 Å². The number of hydrogen-bond acceptors (Lipinski definition) is 2. The molecule has 0 aromatic heterocycles. The summed E-state index contributed by atoms with van der Waals surface area (Å²) >= 11 is 0. The molecular formula is C16H22N2O. The second-order valence-corrected chi connectivity index (χ2v) is 6.09. The zero-order chi connectivity index (χ0) is 13.4. The highest BCUT2D eigenvalue weighted by Crippen LogP contribution is 2.28. The van der Waals surface area contributed by atoms with Crippen molar-refractivity contribution in [2.75, 3.05) is 13.1 Å². The van der Waals surface area contributed by atoms with E-state index in [0.717, 1.165) is 25.9 Å². The standard InChI is InChI=1S/C16H22N2O/c1-11-9-18(10-12(2)17-11)16(19)15-7-13-5-3-4-6-14(13)8-15/h3-6,11-12,15,17H,7-10H2,1-2H3. The summed E-state index contributed by atoms with van der Waals surface area (Å²) in [6.45, 7) is 5.99. The van der Waals surface area contributed by atoms with Gasteiger partial charge >= 0.3 is 0 Å². The lowest BCUT2D eigenvalue weighted by atomic mass is 10.0. The normalized spacial score (nSPS) is 27.4. The first-order valence-corrected chi connectivity index (χ1v) is 7.25. The maximum atomic E-state index is 12.7. The minimum Gasteiger partial charge on any atom is -0.339 e. The maximum absolute atomic E-state index is 12.7. The molecule has 3 rings (SSSR count). The zero-order valence-electron chi connectivity index (χ0n) is 11.7. The van der Waals surface area contributed by atoms with Crippen LogP contribution in [0.25, 0.3) is 0 Å². The van der Waals surface area contributed by atoms with Gasteiger partial charge in [-0.05, 0) is 37.8 Å². The molecule has 102 valence electrons. The van der Waals surface area contributed by atoms with Crippen molar-refractivity contribution < 1.29 is 4.79 Å². The first kappa shape index (κ1) is 12.7. The Morgan fingerprint density at radius 3 is 2.16 bits per heavy atom.